The Morgan fingerprint density at radius 3 is 2.19 bits per heavy atom. The van der Waals surface area contributed by atoms with Crippen LogP contribution in [-0.4, -0.2) is 28.7 Å². The summed E-state index contributed by atoms with van der Waals surface area (Å²) in [4.78, 5) is 23.7. The Morgan fingerprint density at radius 1 is 1.07 bits per heavy atom. The van der Waals surface area contributed by atoms with Crippen molar-refractivity contribution >= 4 is 17.6 Å². The minimum absolute atomic E-state index is 0.0426. The van der Waals surface area contributed by atoms with Gasteiger partial charge in [0.05, 0.1) is 0 Å². The van der Waals surface area contributed by atoms with Crippen molar-refractivity contribution in [3.05, 3.63) is 59.7 Å². The predicted molar refractivity (Wildman–Crippen MR) is 103 cm³/mol. The minimum atomic E-state index is -0.644. The van der Waals surface area contributed by atoms with Gasteiger partial charge in [-0.25, -0.2) is 4.79 Å². The normalized spacial score (nSPS) is 12.3. The minimum Gasteiger partial charge on any atom is -0.508 e. The highest BCUT2D eigenvalue weighted by molar-refractivity contribution is 5.95. The summed E-state index contributed by atoms with van der Waals surface area (Å²) >= 11 is 0. The SMILES string of the molecule is CC(=O)c1ccc(NC(=O)O[C@@H](c2ccc(O)cc2)C(C)(C)CCO)cc1. The lowest BCUT2D eigenvalue weighted by Crippen LogP contribution is -2.29. The molecule has 1 atom stereocenters. The fourth-order valence-electron chi connectivity index (χ4n) is 2.79. The molecule has 0 saturated carbocycles. The summed E-state index contributed by atoms with van der Waals surface area (Å²) in [5.74, 6) is 0.0646. The molecule has 2 rings (SSSR count). The summed E-state index contributed by atoms with van der Waals surface area (Å²) < 4.78 is 5.67. The Balaban J connectivity index is 2.17. The van der Waals surface area contributed by atoms with E-state index in [0.29, 0.717) is 23.2 Å². The molecule has 0 aliphatic heterocycles. The second kappa shape index (κ2) is 8.68. The lowest BCUT2D eigenvalue weighted by atomic mass is 9.80. The largest absolute Gasteiger partial charge is 0.508 e. The number of ketones is 1. The van der Waals surface area contributed by atoms with Crippen LogP contribution in [0.2, 0.25) is 0 Å². The van der Waals surface area contributed by atoms with Crippen LogP contribution in [0, 0.1) is 5.41 Å². The predicted octanol–water partition coefficient (Wildman–Crippen LogP) is 4.29. The molecular formula is C21H25NO5. The van der Waals surface area contributed by atoms with E-state index in [0.717, 1.165) is 0 Å². The number of aromatic hydroxyl groups is 1. The summed E-state index contributed by atoms with van der Waals surface area (Å²) in [7, 11) is 0. The zero-order valence-electron chi connectivity index (χ0n) is 15.7. The first-order valence-electron chi connectivity index (χ1n) is 8.71. The molecule has 6 heteroatoms. The molecule has 0 fully saturated rings. The first-order valence-corrected chi connectivity index (χ1v) is 8.71. The van der Waals surface area contributed by atoms with Gasteiger partial charge in [0.1, 0.15) is 11.9 Å². The van der Waals surface area contributed by atoms with E-state index in [-0.39, 0.29) is 18.1 Å². The van der Waals surface area contributed by atoms with Gasteiger partial charge in [0.25, 0.3) is 0 Å². The van der Waals surface area contributed by atoms with Crippen LogP contribution in [0.25, 0.3) is 0 Å². The van der Waals surface area contributed by atoms with E-state index in [1.54, 1.807) is 36.4 Å². The monoisotopic (exact) mass is 371 g/mol. The van der Waals surface area contributed by atoms with Gasteiger partial charge in [-0.3, -0.25) is 10.1 Å². The second-order valence-electron chi connectivity index (χ2n) is 7.10. The molecular weight excluding hydrogens is 346 g/mol. The van der Waals surface area contributed by atoms with Crippen molar-refractivity contribution in [3.63, 3.8) is 0 Å². The fourth-order valence-corrected chi connectivity index (χ4v) is 2.79. The van der Waals surface area contributed by atoms with E-state index < -0.39 is 17.6 Å². The highest BCUT2D eigenvalue weighted by Gasteiger charge is 2.34. The van der Waals surface area contributed by atoms with Crippen LogP contribution in [0.3, 0.4) is 0 Å². The molecule has 0 unspecified atom stereocenters. The summed E-state index contributed by atoms with van der Waals surface area (Å²) in [6.45, 7) is 5.23. The Bertz CT molecular complexity index is 781. The van der Waals surface area contributed by atoms with Crippen molar-refractivity contribution in [2.45, 2.75) is 33.3 Å². The maximum Gasteiger partial charge on any atom is 0.412 e. The van der Waals surface area contributed by atoms with Gasteiger partial charge in [-0.05, 0) is 55.3 Å². The maximum absolute atomic E-state index is 12.4. The van der Waals surface area contributed by atoms with Crippen LogP contribution in [0.4, 0.5) is 10.5 Å². The number of benzene rings is 2. The summed E-state index contributed by atoms with van der Waals surface area (Å²) in [5.41, 5.74) is 1.25. The van der Waals surface area contributed by atoms with E-state index in [9.17, 15) is 19.8 Å². The molecule has 144 valence electrons. The molecule has 0 aromatic heterocycles. The number of ether oxygens (including phenoxy) is 1. The zero-order chi connectivity index (χ0) is 20.0. The third-order valence-electron chi connectivity index (χ3n) is 4.42. The first kappa shape index (κ1) is 20.5. The third-order valence-corrected chi connectivity index (χ3v) is 4.42. The molecule has 0 spiro atoms. The highest BCUT2D eigenvalue weighted by atomic mass is 16.6. The molecule has 27 heavy (non-hydrogen) atoms. The average Bonchev–Trinajstić information content (AvgIpc) is 2.61. The number of aliphatic hydroxyl groups is 1. The van der Waals surface area contributed by atoms with E-state index in [1.807, 2.05) is 13.8 Å². The molecule has 0 radical (unpaired) electrons. The number of aliphatic hydroxyl groups excluding tert-OH is 1. The van der Waals surface area contributed by atoms with Gasteiger partial charge in [-0.2, -0.15) is 0 Å². The Morgan fingerprint density at radius 2 is 1.67 bits per heavy atom. The standard InChI is InChI=1S/C21H25NO5/c1-14(24)15-4-8-17(9-5-15)22-20(26)27-19(21(2,3)12-13-23)16-6-10-18(25)11-7-16/h4-11,19,23,25H,12-13H2,1-3H3,(H,22,26)/t19-/m0/s1. The third kappa shape index (κ3) is 5.56. The average molecular weight is 371 g/mol. The number of carbonyl (C=O) groups is 2. The smallest absolute Gasteiger partial charge is 0.412 e. The maximum atomic E-state index is 12.4. The van der Waals surface area contributed by atoms with Gasteiger partial charge < -0.3 is 14.9 Å². The number of phenols is 1. The quantitative estimate of drug-likeness (QED) is 0.631. The number of Topliss-reactive ketones (excluding diaryl/α,β-unsaturated/α-hetero) is 1. The number of hydrogen-bond donors (Lipinski definition) is 3. The van der Waals surface area contributed by atoms with E-state index in [2.05, 4.69) is 5.32 Å². The molecule has 0 aliphatic carbocycles. The van der Waals surface area contributed by atoms with Crippen molar-refractivity contribution in [1.82, 2.24) is 0 Å². The Hall–Kier alpha value is -2.86. The van der Waals surface area contributed by atoms with Gasteiger partial charge in [0.2, 0.25) is 0 Å². The van der Waals surface area contributed by atoms with Crippen molar-refractivity contribution in [2.24, 2.45) is 5.41 Å². The van der Waals surface area contributed by atoms with Crippen LogP contribution in [0.1, 0.15) is 49.2 Å². The molecule has 2 aromatic rings. The molecule has 0 saturated heterocycles. The number of amides is 1. The van der Waals surface area contributed by atoms with Crippen LogP contribution < -0.4 is 5.32 Å². The Labute approximate surface area is 158 Å². The van der Waals surface area contributed by atoms with Crippen LogP contribution in [0.5, 0.6) is 5.75 Å². The Kier molecular flexibility index (Phi) is 6.58. The lowest BCUT2D eigenvalue weighted by Gasteiger charge is -2.33. The molecule has 6 nitrogen and oxygen atoms in total. The van der Waals surface area contributed by atoms with Crippen molar-refractivity contribution in [1.29, 1.82) is 0 Å². The number of carbonyl (C=O) groups excluding carboxylic acids is 2. The molecule has 0 aliphatic rings. The molecule has 0 heterocycles. The fraction of sp³-hybridized carbons (Fsp3) is 0.333. The van der Waals surface area contributed by atoms with Crippen LogP contribution in [-0.2, 0) is 4.74 Å². The van der Waals surface area contributed by atoms with E-state index >= 15 is 0 Å². The summed E-state index contributed by atoms with van der Waals surface area (Å²) in [5, 5.41) is 21.5. The lowest BCUT2D eigenvalue weighted by molar-refractivity contribution is 0.0152. The van der Waals surface area contributed by atoms with Gasteiger partial charge in [-0.1, -0.05) is 26.0 Å². The number of rotatable bonds is 7. The van der Waals surface area contributed by atoms with Crippen molar-refractivity contribution in [3.8, 4) is 5.75 Å². The first-order chi connectivity index (χ1) is 12.7. The number of phenolic OH excluding ortho intramolecular Hbond substituents is 1. The molecule has 0 bridgehead atoms. The topological polar surface area (TPSA) is 95.9 Å². The van der Waals surface area contributed by atoms with Gasteiger partial charge >= 0.3 is 6.09 Å². The summed E-state index contributed by atoms with van der Waals surface area (Å²) in [6, 6.07) is 13.0. The van der Waals surface area contributed by atoms with Gasteiger partial charge in [0, 0.05) is 23.3 Å². The van der Waals surface area contributed by atoms with Crippen molar-refractivity contribution in [2.75, 3.05) is 11.9 Å². The highest BCUT2D eigenvalue weighted by Crippen LogP contribution is 2.40. The molecule has 2 aromatic carbocycles. The molecule has 3 N–H and O–H groups in total. The van der Waals surface area contributed by atoms with Crippen LogP contribution in [0.15, 0.2) is 48.5 Å². The van der Waals surface area contributed by atoms with Crippen LogP contribution >= 0.6 is 0 Å². The van der Waals surface area contributed by atoms with E-state index in [1.165, 1.54) is 19.1 Å². The zero-order valence-corrected chi connectivity index (χ0v) is 15.7. The second-order valence-corrected chi connectivity index (χ2v) is 7.10. The van der Waals surface area contributed by atoms with Gasteiger partial charge in [-0.15, -0.1) is 0 Å². The number of hydrogen-bond acceptors (Lipinski definition) is 5. The number of anilines is 1. The summed E-state index contributed by atoms with van der Waals surface area (Å²) in [6.07, 6.45) is -0.838. The van der Waals surface area contributed by atoms with Crippen molar-refractivity contribution < 1.29 is 24.5 Å². The number of nitrogens with one attached hydrogen (secondary N) is 1. The molecule has 1 amide bonds. The van der Waals surface area contributed by atoms with E-state index in [4.69, 9.17) is 4.74 Å². The van der Waals surface area contributed by atoms with Gasteiger partial charge in [0.15, 0.2) is 5.78 Å².